The second kappa shape index (κ2) is 6.59. The molecule has 0 bridgehead atoms. The van der Waals surface area contributed by atoms with E-state index < -0.39 is 5.54 Å². The van der Waals surface area contributed by atoms with Crippen LogP contribution in [0.25, 0.3) is 0 Å². The van der Waals surface area contributed by atoms with Gasteiger partial charge in [0.2, 0.25) is 11.8 Å². The van der Waals surface area contributed by atoms with Crippen molar-refractivity contribution in [1.29, 1.82) is 0 Å². The summed E-state index contributed by atoms with van der Waals surface area (Å²) in [6.07, 6.45) is 2.22. The molecule has 0 saturated carbocycles. The molecule has 116 valence electrons. The Morgan fingerprint density at radius 1 is 1.15 bits per heavy atom. The van der Waals surface area contributed by atoms with Crippen molar-refractivity contribution in [2.45, 2.75) is 72.4 Å². The number of amides is 2. The molecule has 1 aliphatic heterocycles. The Kier molecular flexibility index (Phi) is 5.60. The minimum Gasteiger partial charge on any atom is -0.342 e. The number of carbonyl (C=O) groups excluding carboxylic acids is 2. The quantitative estimate of drug-likeness (QED) is 0.814. The van der Waals surface area contributed by atoms with Gasteiger partial charge in [0.15, 0.2) is 0 Å². The van der Waals surface area contributed by atoms with Crippen molar-refractivity contribution in [3.8, 4) is 0 Å². The molecule has 4 nitrogen and oxygen atoms in total. The van der Waals surface area contributed by atoms with Crippen molar-refractivity contribution in [2.75, 3.05) is 6.54 Å². The zero-order valence-electron chi connectivity index (χ0n) is 13.8. The Labute approximate surface area is 123 Å². The molecule has 0 aromatic rings. The first-order chi connectivity index (χ1) is 9.33. The van der Waals surface area contributed by atoms with E-state index in [1.54, 1.807) is 0 Å². The van der Waals surface area contributed by atoms with Crippen LogP contribution >= 0.6 is 0 Å². The molecule has 20 heavy (non-hydrogen) atoms. The lowest BCUT2D eigenvalue weighted by molar-refractivity contribution is -0.160. The first-order valence-electron chi connectivity index (χ1n) is 7.96. The Balaban J connectivity index is 3.17. The maximum absolute atomic E-state index is 12.9. The average Bonchev–Trinajstić information content (AvgIpc) is 2.42. The van der Waals surface area contributed by atoms with Crippen LogP contribution in [-0.2, 0) is 9.59 Å². The highest BCUT2D eigenvalue weighted by molar-refractivity contribution is 6.00. The molecule has 2 amide bonds. The maximum Gasteiger partial charge on any atom is 0.246 e. The second-order valence-electron chi connectivity index (χ2n) is 6.42. The molecule has 1 fully saturated rings. The predicted octanol–water partition coefficient (Wildman–Crippen LogP) is 2.57. The Hall–Kier alpha value is -1.06. The van der Waals surface area contributed by atoms with Crippen LogP contribution in [0.5, 0.6) is 0 Å². The van der Waals surface area contributed by atoms with E-state index in [1.165, 1.54) is 0 Å². The first-order valence-corrected chi connectivity index (χ1v) is 7.96. The van der Waals surface area contributed by atoms with E-state index in [1.807, 2.05) is 25.7 Å². The summed E-state index contributed by atoms with van der Waals surface area (Å²) in [6.45, 7) is 12.9. The van der Waals surface area contributed by atoms with Gasteiger partial charge in [-0.2, -0.15) is 0 Å². The monoisotopic (exact) mass is 282 g/mol. The van der Waals surface area contributed by atoms with Gasteiger partial charge in [0.25, 0.3) is 0 Å². The molecule has 0 spiro atoms. The first kappa shape index (κ1) is 17.0. The van der Waals surface area contributed by atoms with Gasteiger partial charge in [0.1, 0.15) is 11.6 Å². The molecule has 2 unspecified atom stereocenters. The van der Waals surface area contributed by atoms with Crippen LogP contribution in [-0.4, -0.2) is 34.8 Å². The summed E-state index contributed by atoms with van der Waals surface area (Å²) in [5.74, 6) is 0.650. The highest BCUT2D eigenvalue weighted by Crippen LogP contribution is 2.31. The standard InChI is InChI=1S/C16H30N2O2/c1-7-12(6)13-14(19)18(10-11(4)5)16(8-2,9-3)15(20)17-13/h11-13H,7-10H2,1-6H3,(H,17,20). The molecule has 1 rings (SSSR count). The Morgan fingerprint density at radius 3 is 2.10 bits per heavy atom. The molecular formula is C16H30N2O2. The molecule has 1 heterocycles. The van der Waals surface area contributed by atoms with Crippen molar-refractivity contribution in [3.63, 3.8) is 0 Å². The molecular weight excluding hydrogens is 252 g/mol. The van der Waals surface area contributed by atoms with Gasteiger partial charge in [-0.05, 0) is 24.7 Å². The highest BCUT2D eigenvalue weighted by Gasteiger charge is 2.51. The zero-order chi connectivity index (χ0) is 15.5. The molecule has 0 aromatic heterocycles. The smallest absolute Gasteiger partial charge is 0.246 e. The van der Waals surface area contributed by atoms with Gasteiger partial charge in [0.05, 0.1) is 0 Å². The highest BCUT2D eigenvalue weighted by atomic mass is 16.2. The van der Waals surface area contributed by atoms with Crippen LogP contribution in [0.1, 0.15) is 60.8 Å². The van der Waals surface area contributed by atoms with Gasteiger partial charge in [-0.1, -0.05) is 48.0 Å². The van der Waals surface area contributed by atoms with Crippen molar-refractivity contribution in [2.24, 2.45) is 11.8 Å². The molecule has 1 aliphatic rings. The number of piperazine rings is 1. The summed E-state index contributed by atoms with van der Waals surface area (Å²) in [5, 5.41) is 2.98. The summed E-state index contributed by atoms with van der Waals surface area (Å²) in [7, 11) is 0. The average molecular weight is 282 g/mol. The predicted molar refractivity (Wildman–Crippen MR) is 81.2 cm³/mol. The number of nitrogens with one attached hydrogen (secondary N) is 1. The third-order valence-corrected chi connectivity index (χ3v) is 4.69. The Bertz CT molecular complexity index is 361. The van der Waals surface area contributed by atoms with E-state index in [-0.39, 0.29) is 23.8 Å². The van der Waals surface area contributed by atoms with Crippen LogP contribution in [0.4, 0.5) is 0 Å². The fourth-order valence-corrected chi connectivity index (χ4v) is 3.04. The molecule has 1 saturated heterocycles. The molecule has 0 radical (unpaired) electrons. The fraction of sp³-hybridized carbons (Fsp3) is 0.875. The van der Waals surface area contributed by atoms with Crippen molar-refractivity contribution in [3.05, 3.63) is 0 Å². The van der Waals surface area contributed by atoms with Crippen molar-refractivity contribution >= 4 is 11.8 Å². The normalized spacial score (nSPS) is 23.9. The number of nitrogens with zero attached hydrogens (tertiary/aromatic N) is 1. The largest absolute Gasteiger partial charge is 0.342 e. The van der Waals surface area contributed by atoms with Gasteiger partial charge in [-0.15, -0.1) is 0 Å². The van der Waals surface area contributed by atoms with Gasteiger partial charge in [-0.25, -0.2) is 0 Å². The minimum atomic E-state index is -0.661. The van der Waals surface area contributed by atoms with Gasteiger partial charge in [0, 0.05) is 6.54 Å². The van der Waals surface area contributed by atoms with Gasteiger partial charge >= 0.3 is 0 Å². The number of hydrogen-bond donors (Lipinski definition) is 1. The lowest BCUT2D eigenvalue weighted by Crippen LogP contribution is -2.71. The number of hydrogen-bond acceptors (Lipinski definition) is 2. The summed E-state index contributed by atoms with van der Waals surface area (Å²) in [4.78, 5) is 27.3. The summed E-state index contributed by atoms with van der Waals surface area (Å²) >= 11 is 0. The van der Waals surface area contributed by atoms with Crippen LogP contribution in [0.2, 0.25) is 0 Å². The topological polar surface area (TPSA) is 49.4 Å². The molecule has 2 atom stereocenters. The van der Waals surface area contributed by atoms with E-state index in [2.05, 4.69) is 26.1 Å². The lowest BCUT2D eigenvalue weighted by atomic mass is 9.82. The van der Waals surface area contributed by atoms with E-state index in [9.17, 15) is 9.59 Å². The van der Waals surface area contributed by atoms with E-state index in [0.717, 1.165) is 6.42 Å². The van der Waals surface area contributed by atoms with Crippen LogP contribution < -0.4 is 5.32 Å². The fourth-order valence-electron chi connectivity index (χ4n) is 3.04. The van der Waals surface area contributed by atoms with Crippen LogP contribution in [0, 0.1) is 11.8 Å². The maximum atomic E-state index is 12.9. The van der Waals surface area contributed by atoms with Gasteiger partial charge < -0.3 is 10.2 Å². The molecule has 4 heteroatoms. The van der Waals surface area contributed by atoms with E-state index >= 15 is 0 Å². The Morgan fingerprint density at radius 2 is 1.70 bits per heavy atom. The third-order valence-electron chi connectivity index (χ3n) is 4.69. The zero-order valence-corrected chi connectivity index (χ0v) is 13.8. The number of carbonyl (C=O) groups is 2. The summed E-state index contributed by atoms with van der Waals surface area (Å²) < 4.78 is 0. The second-order valence-corrected chi connectivity index (χ2v) is 6.42. The summed E-state index contributed by atoms with van der Waals surface area (Å²) in [6, 6.07) is -0.363. The van der Waals surface area contributed by atoms with Crippen LogP contribution in [0.15, 0.2) is 0 Å². The van der Waals surface area contributed by atoms with Gasteiger partial charge in [-0.3, -0.25) is 9.59 Å². The number of rotatable bonds is 6. The van der Waals surface area contributed by atoms with E-state index in [4.69, 9.17) is 0 Å². The minimum absolute atomic E-state index is 0.0213. The van der Waals surface area contributed by atoms with Crippen molar-refractivity contribution in [1.82, 2.24) is 10.2 Å². The summed E-state index contributed by atoms with van der Waals surface area (Å²) in [5.41, 5.74) is -0.661. The molecule has 0 aliphatic carbocycles. The lowest BCUT2D eigenvalue weighted by Gasteiger charge is -2.49. The van der Waals surface area contributed by atoms with Crippen molar-refractivity contribution < 1.29 is 9.59 Å². The van der Waals surface area contributed by atoms with Crippen LogP contribution in [0.3, 0.4) is 0 Å². The SMILES string of the molecule is CCC(C)C1NC(=O)C(CC)(CC)N(CC(C)C)C1=O. The molecule has 0 aromatic carbocycles. The third kappa shape index (κ3) is 2.84. The molecule has 1 N–H and O–H groups in total. The van der Waals surface area contributed by atoms with E-state index in [0.29, 0.717) is 25.3 Å².